The highest BCUT2D eigenvalue weighted by molar-refractivity contribution is 8.31. The summed E-state index contributed by atoms with van der Waals surface area (Å²) in [5.74, 6) is -0.381. The van der Waals surface area contributed by atoms with Crippen molar-refractivity contribution in [3.05, 3.63) is 59.2 Å². The lowest BCUT2D eigenvalue weighted by atomic mass is 9.97. The molecule has 1 amide bonds. The first-order valence-corrected chi connectivity index (χ1v) is 10.3. The van der Waals surface area contributed by atoms with Crippen LogP contribution >= 0.6 is 21.4 Å². The lowest BCUT2D eigenvalue weighted by Gasteiger charge is -2.10. The second-order valence-electron chi connectivity index (χ2n) is 5.31. The fourth-order valence-electron chi connectivity index (χ4n) is 2.29. The molecule has 0 radical (unpaired) electrons. The fourth-order valence-corrected chi connectivity index (χ4v) is 2.29. The van der Waals surface area contributed by atoms with Gasteiger partial charge in [-0.1, -0.05) is 30.3 Å². The highest BCUT2D eigenvalue weighted by atomic mass is 36.0. The Labute approximate surface area is 164 Å². The molecule has 0 saturated carbocycles. The van der Waals surface area contributed by atoms with E-state index in [0.29, 0.717) is 12.1 Å². The van der Waals surface area contributed by atoms with E-state index >= 15 is 0 Å². The zero-order chi connectivity index (χ0) is 19.7. The Kier molecular flexibility index (Phi) is 9.51. The molecule has 26 heavy (non-hydrogen) atoms. The number of aryl methyl sites for hydroxylation is 1. The van der Waals surface area contributed by atoms with E-state index in [1.165, 1.54) is 14.0 Å². The molecule has 0 bridgehead atoms. The molecule has 1 N–H and O–H groups in total. The number of halogens is 2. The van der Waals surface area contributed by atoms with E-state index in [2.05, 4.69) is 32.7 Å². The summed E-state index contributed by atoms with van der Waals surface area (Å²) in [6.45, 7) is 4.06. The summed E-state index contributed by atoms with van der Waals surface area (Å²) < 4.78 is 13.8. The van der Waals surface area contributed by atoms with E-state index < -0.39 is 9.60 Å². The zero-order valence-corrected chi connectivity index (χ0v) is 16.9. The number of esters is 1. The lowest BCUT2D eigenvalue weighted by molar-refractivity contribution is -0.119. The first-order valence-electron chi connectivity index (χ1n) is 7.51. The number of hydrogen-bond acceptors (Lipinski definition) is 4. The van der Waals surface area contributed by atoms with Crippen molar-refractivity contribution in [2.24, 2.45) is 0 Å². The minimum Gasteiger partial charge on any atom is -0.582 e. The van der Waals surface area contributed by atoms with Crippen molar-refractivity contribution in [1.82, 2.24) is 5.32 Å². The first kappa shape index (κ1) is 22.3. The number of rotatable bonds is 4. The largest absolute Gasteiger partial charge is 0.582 e. The quantitative estimate of drug-likeness (QED) is 0.601. The van der Waals surface area contributed by atoms with E-state index in [0.717, 1.165) is 22.3 Å². The van der Waals surface area contributed by atoms with E-state index in [-0.39, 0.29) is 11.9 Å². The van der Waals surface area contributed by atoms with Gasteiger partial charge in [-0.15, -0.1) is 0 Å². The van der Waals surface area contributed by atoms with Gasteiger partial charge in [0.25, 0.3) is 0 Å². The Balaban J connectivity index is 0.000000765. The number of carbonyl (C=O) groups excluding carboxylic acids is 2. The molecule has 0 fully saturated rings. The molecule has 2 rings (SSSR count). The van der Waals surface area contributed by atoms with Crippen molar-refractivity contribution in [3.8, 4) is 11.1 Å². The summed E-state index contributed by atoms with van der Waals surface area (Å²) in [6, 6.07) is 13.4. The smallest absolute Gasteiger partial charge is 0.337 e. The number of hydrogen-bond donors (Lipinski definition) is 1. The fraction of sp³-hybridized carbons (Fsp3) is 0.222. The second-order valence-corrected chi connectivity index (χ2v) is 7.84. The Morgan fingerprint density at radius 2 is 1.73 bits per heavy atom. The van der Waals surface area contributed by atoms with Crippen LogP contribution in [0.5, 0.6) is 0 Å². The number of amides is 1. The minimum absolute atomic E-state index is 0.0415. The van der Waals surface area contributed by atoms with Crippen LogP contribution in [0, 0.1) is 6.92 Å². The number of benzene rings is 2. The van der Waals surface area contributed by atoms with Crippen LogP contribution in [0.25, 0.3) is 11.1 Å². The summed E-state index contributed by atoms with van der Waals surface area (Å²) >= 11 is 0. The van der Waals surface area contributed by atoms with Gasteiger partial charge in [0.1, 0.15) is 0 Å². The van der Waals surface area contributed by atoms with Crippen molar-refractivity contribution in [2.75, 3.05) is 7.11 Å². The third kappa shape index (κ3) is 7.66. The molecule has 0 atom stereocenters. The number of nitrogens with one attached hydrogen (secondary N) is 1. The van der Waals surface area contributed by atoms with Crippen molar-refractivity contribution < 1.29 is 18.9 Å². The molecule has 140 valence electrons. The van der Waals surface area contributed by atoms with Gasteiger partial charge in [0.05, 0.1) is 12.7 Å². The van der Waals surface area contributed by atoms with E-state index in [4.69, 9.17) is 9.29 Å². The molecule has 0 aliphatic rings. The van der Waals surface area contributed by atoms with Crippen LogP contribution in [0.15, 0.2) is 42.5 Å². The minimum atomic E-state index is -1.67. The second kappa shape index (κ2) is 11.1. The van der Waals surface area contributed by atoms with Crippen LogP contribution in [0.2, 0.25) is 0 Å². The van der Waals surface area contributed by atoms with Crippen LogP contribution in [-0.2, 0) is 25.7 Å². The normalized spacial score (nSPS) is 9.96. The lowest BCUT2D eigenvalue weighted by Crippen LogP contribution is -2.18. The van der Waals surface area contributed by atoms with Gasteiger partial charge in [-0.3, -0.25) is 4.79 Å². The molecule has 0 saturated heterocycles. The van der Waals surface area contributed by atoms with Crippen molar-refractivity contribution in [1.29, 1.82) is 0 Å². The summed E-state index contributed by atoms with van der Waals surface area (Å²) in [7, 11) is 8.73. The third-order valence-corrected chi connectivity index (χ3v) is 3.45. The maximum absolute atomic E-state index is 11.4. The van der Waals surface area contributed by atoms with Gasteiger partial charge in [-0.05, 0) is 41.3 Å². The van der Waals surface area contributed by atoms with Gasteiger partial charge in [0.2, 0.25) is 5.91 Å². The molecule has 0 aliphatic heterocycles. The number of ether oxygens (including phenoxy) is 1. The highest BCUT2D eigenvalue weighted by Gasteiger charge is 2.07. The molecule has 0 unspecified atom stereocenters. The molecule has 0 aliphatic carbocycles. The van der Waals surface area contributed by atoms with Gasteiger partial charge in [-0.25, -0.2) is 4.79 Å². The van der Waals surface area contributed by atoms with Gasteiger partial charge >= 0.3 is 5.97 Å². The van der Waals surface area contributed by atoms with Crippen LogP contribution in [-0.4, -0.2) is 23.5 Å². The monoisotopic (exact) mass is 415 g/mol. The first-order chi connectivity index (χ1) is 12.2. The molecule has 2 aromatic rings. The SMILES string of the molecule is COC(=O)c1ccc(-c2ccc(CNC(C)=O)cc2C)cc1.[O-][S+](Cl)Cl. The predicted molar refractivity (Wildman–Crippen MR) is 105 cm³/mol. The molecule has 5 nitrogen and oxygen atoms in total. The Morgan fingerprint density at radius 1 is 1.15 bits per heavy atom. The average molecular weight is 416 g/mol. The zero-order valence-electron chi connectivity index (χ0n) is 14.5. The Hall–Kier alpha value is -1.73. The standard InChI is InChI=1S/C18H19NO3.Cl2OS/c1-12-10-14(11-19-13(2)20)4-9-17(12)15-5-7-16(8-6-15)18(21)22-3;1-4(2)3/h4-10H,11H2,1-3H3,(H,19,20);. The topological polar surface area (TPSA) is 78.5 Å². The van der Waals surface area contributed by atoms with E-state index in [1.54, 1.807) is 12.1 Å². The Morgan fingerprint density at radius 3 is 2.19 bits per heavy atom. The van der Waals surface area contributed by atoms with Gasteiger partial charge < -0.3 is 14.6 Å². The summed E-state index contributed by atoms with van der Waals surface area (Å²) in [5, 5.41) is 2.78. The molecule has 0 spiro atoms. The van der Waals surface area contributed by atoms with Gasteiger partial charge in [-0.2, -0.15) is 0 Å². The summed E-state index contributed by atoms with van der Waals surface area (Å²) in [6.07, 6.45) is 0. The maximum Gasteiger partial charge on any atom is 0.337 e. The summed E-state index contributed by atoms with van der Waals surface area (Å²) in [4.78, 5) is 22.4. The Bertz CT molecular complexity index is 749. The number of carbonyl (C=O) groups is 2. The molecule has 0 heterocycles. The number of methoxy groups -OCH3 is 1. The van der Waals surface area contributed by atoms with Gasteiger partial charge in [0.15, 0.2) is 31.0 Å². The van der Waals surface area contributed by atoms with Crippen molar-refractivity contribution >= 4 is 42.8 Å². The summed E-state index contributed by atoms with van der Waals surface area (Å²) in [5.41, 5.74) is 4.85. The van der Waals surface area contributed by atoms with E-state index in [1.807, 2.05) is 31.2 Å². The van der Waals surface area contributed by atoms with Crippen LogP contribution < -0.4 is 5.32 Å². The molecule has 8 heteroatoms. The van der Waals surface area contributed by atoms with Gasteiger partial charge in [0, 0.05) is 13.5 Å². The average Bonchev–Trinajstić information content (AvgIpc) is 2.59. The third-order valence-electron chi connectivity index (χ3n) is 3.45. The van der Waals surface area contributed by atoms with Crippen LogP contribution in [0.1, 0.15) is 28.4 Å². The van der Waals surface area contributed by atoms with Crippen molar-refractivity contribution in [2.45, 2.75) is 20.4 Å². The molecule has 2 aromatic carbocycles. The molecular formula is C18H19Cl2NO4S. The molecular weight excluding hydrogens is 397 g/mol. The van der Waals surface area contributed by atoms with Crippen molar-refractivity contribution in [3.63, 3.8) is 0 Å². The molecule has 0 aromatic heterocycles. The van der Waals surface area contributed by atoms with Crippen LogP contribution in [0.3, 0.4) is 0 Å². The van der Waals surface area contributed by atoms with Crippen LogP contribution in [0.4, 0.5) is 0 Å². The highest BCUT2D eigenvalue weighted by Crippen LogP contribution is 2.25. The van der Waals surface area contributed by atoms with E-state index in [9.17, 15) is 9.59 Å². The maximum atomic E-state index is 11.4. The predicted octanol–water partition coefficient (Wildman–Crippen LogP) is 4.13.